The van der Waals surface area contributed by atoms with Crippen molar-refractivity contribution in [3.8, 4) is 16.9 Å². The summed E-state index contributed by atoms with van der Waals surface area (Å²) >= 11 is 0. The monoisotopic (exact) mass is 268 g/mol. The highest BCUT2D eigenvalue weighted by atomic mass is 16.5. The lowest BCUT2D eigenvalue weighted by atomic mass is 10.00. The summed E-state index contributed by atoms with van der Waals surface area (Å²) in [6.45, 7) is 2.96. The fourth-order valence-corrected chi connectivity index (χ4v) is 2.42. The summed E-state index contributed by atoms with van der Waals surface area (Å²) in [5.74, 6) is 0.952. The summed E-state index contributed by atoms with van der Waals surface area (Å²) in [5, 5.41) is 3.55. The number of methoxy groups -OCH3 is 1. The molecule has 0 aliphatic heterocycles. The third-order valence-electron chi connectivity index (χ3n) is 3.77. The lowest BCUT2D eigenvalue weighted by molar-refractivity contribution is 0.407. The van der Waals surface area contributed by atoms with Crippen LogP contribution in [0.4, 0.5) is 0 Å². The summed E-state index contributed by atoms with van der Waals surface area (Å²) in [4.78, 5) is 4.16. The van der Waals surface area contributed by atoms with E-state index in [0.717, 1.165) is 12.3 Å². The van der Waals surface area contributed by atoms with Gasteiger partial charge < -0.3 is 10.1 Å². The maximum Gasteiger partial charge on any atom is 0.123 e. The van der Waals surface area contributed by atoms with Crippen LogP contribution in [0.5, 0.6) is 5.75 Å². The fraction of sp³-hybridized carbons (Fsp3) is 0.353. The van der Waals surface area contributed by atoms with E-state index in [0.29, 0.717) is 6.04 Å². The zero-order chi connectivity index (χ0) is 13.9. The maximum absolute atomic E-state index is 5.47. The van der Waals surface area contributed by atoms with Crippen LogP contribution >= 0.6 is 0 Å². The largest absolute Gasteiger partial charge is 0.496 e. The zero-order valence-electron chi connectivity index (χ0n) is 12.0. The summed E-state index contributed by atoms with van der Waals surface area (Å²) in [6, 6.07) is 9.15. The molecule has 1 aliphatic carbocycles. The Labute approximate surface area is 120 Å². The van der Waals surface area contributed by atoms with Crippen LogP contribution in [-0.4, -0.2) is 18.1 Å². The average Bonchev–Trinajstić information content (AvgIpc) is 3.29. The van der Waals surface area contributed by atoms with E-state index in [4.69, 9.17) is 4.74 Å². The second-order valence-corrected chi connectivity index (χ2v) is 5.37. The van der Waals surface area contributed by atoms with Gasteiger partial charge in [-0.25, -0.2) is 0 Å². The standard InChI is InChI=1S/C17H20N2O/c1-12-10-18-8-7-16(12)13-3-6-17(20-2)14(9-13)11-19-15-4-5-15/h3,6-10,15,19H,4-5,11H2,1-2H3. The van der Waals surface area contributed by atoms with Gasteiger partial charge in [0.05, 0.1) is 7.11 Å². The first kappa shape index (κ1) is 13.1. The molecule has 1 saturated carbocycles. The number of hydrogen-bond acceptors (Lipinski definition) is 3. The van der Waals surface area contributed by atoms with Crippen LogP contribution in [0, 0.1) is 6.92 Å². The number of ether oxygens (including phenoxy) is 1. The summed E-state index contributed by atoms with van der Waals surface area (Å²) in [7, 11) is 1.73. The van der Waals surface area contributed by atoms with Crippen molar-refractivity contribution >= 4 is 0 Å². The van der Waals surface area contributed by atoms with Crippen LogP contribution < -0.4 is 10.1 Å². The van der Waals surface area contributed by atoms with E-state index in [1.54, 1.807) is 7.11 Å². The molecule has 0 atom stereocenters. The van der Waals surface area contributed by atoms with Crippen LogP contribution in [0.3, 0.4) is 0 Å². The minimum absolute atomic E-state index is 0.700. The van der Waals surface area contributed by atoms with Crippen LogP contribution in [0.1, 0.15) is 24.0 Å². The van der Waals surface area contributed by atoms with E-state index in [1.807, 2.05) is 12.4 Å². The van der Waals surface area contributed by atoms with E-state index >= 15 is 0 Å². The van der Waals surface area contributed by atoms with Gasteiger partial charge in [0, 0.05) is 30.5 Å². The van der Waals surface area contributed by atoms with Gasteiger partial charge in [-0.05, 0) is 54.7 Å². The molecule has 1 N–H and O–H groups in total. The number of aryl methyl sites for hydroxylation is 1. The summed E-state index contributed by atoms with van der Waals surface area (Å²) in [6.07, 6.45) is 6.34. The van der Waals surface area contributed by atoms with Crippen molar-refractivity contribution in [2.45, 2.75) is 32.4 Å². The Morgan fingerprint density at radius 1 is 1.30 bits per heavy atom. The van der Waals surface area contributed by atoms with Crippen molar-refractivity contribution in [2.24, 2.45) is 0 Å². The van der Waals surface area contributed by atoms with Crippen molar-refractivity contribution in [1.82, 2.24) is 10.3 Å². The molecule has 0 spiro atoms. The quantitative estimate of drug-likeness (QED) is 0.903. The molecule has 0 radical (unpaired) electrons. The highest BCUT2D eigenvalue weighted by molar-refractivity contribution is 5.68. The Kier molecular flexibility index (Phi) is 3.70. The van der Waals surface area contributed by atoms with Gasteiger partial charge in [-0.2, -0.15) is 0 Å². The molecule has 0 bridgehead atoms. The van der Waals surface area contributed by atoms with Crippen LogP contribution in [0.15, 0.2) is 36.7 Å². The summed E-state index contributed by atoms with van der Waals surface area (Å²) < 4.78 is 5.47. The molecule has 3 nitrogen and oxygen atoms in total. The minimum atomic E-state index is 0.700. The number of aromatic nitrogens is 1. The van der Waals surface area contributed by atoms with Gasteiger partial charge in [-0.1, -0.05) is 6.07 Å². The minimum Gasteiger partial charge on any atom is -0.496 e. The Bertz CT molecular complexity index is 606. The molecular weight excluding hydrogens is 248 g/mol. The first-order valence-corrected chi connectivity index (χ1v) is 7.09. The first-order valence-electron chi connectivity index (χ1n) is 7.09. The molecular formula is C17H20N2O. The topological polar surface area (TPSA) is 34.1 Å². The highest BCUT2D eigenvalue weighted by Crippen LogP contribution is 2.29. The molecule has 1 aromatic carbocycles. The van der Waals surface area contributed by atoms with Gasteiger partial charge in [0.15, 0.2) is 0 Å². The Morgan fingerprint density at radius 3 is 2.85 bits per heavy atom. The molecule has 1 heterocycles. The summed E-state index contributed by atoms with van der Waals surface area (Å²) in [5.41, 5.74) is 4.86. The maximum atomic E-state index is 5.47. The second kappa shape index (κ2) is 5.63. The fourth-order valence-electron chi connectivity index (χ4n) is 2.42. The normalized spacial score (nSPS) is 14.3. The molecule has 2 aromatic rings. The lowest BCUT2D eigenvalue weighted by Gasteiger charge is -2.12. The van der Waals surface area contributed by atoms with E-state index in [2.05, 4.69) is 41.5 Å². The van der Waals surface area contributed by atoms with Crippen molar-refractivity contribution in [1.29, 1.82) is 0 Å². The van der Waals surface area contributed by atoms with Gasteiger partial charge in [0.1, 0.15) is 5.75 Å². The molecule has 1 fully saturated rings. The van der Waals surface area contributed by atoms with Crippen LogP contribution in [-0.2, 0) is 6.54 Å². The average molecular weight is 268 g/mol. The molecule has 0 unspecified atom stereocenters. The molecule has 0 saturated heterocycles. The van der Waals surface area contributed by atoms with Crippen LogP contribution in [0.2, 0.25) is 0 Å². The SMILES string of the molecule is COc1ccc(-c2ccncc2C)cc1CNC1CC1. The lowest BCUT2D eigenvalue weighted by Crippen LogP contribution is -2.15. The van der Waals surface area contributed by atoms with Gasteiger partial charge in [0.2, 0.25) is 0 Å². The molecule has 20 heavy (non-hydrogen) atoms. The van der Waals surface area contributed by atoms with Gasteiger partial charge in [-0.3, -0.25) is 4.98 Å². The number of nitrogens with one attached hydrogen (secondary N) is 1. The van der Waals surface area contributed by atoms with Gasteiger partial charge in [0.25, 0.3) is 0 Å². The zero-order valence-corrected chi connectivity index (χ0v) is 12.0. The van der Waals surface area contributed by atoms with Crippen LogP contribution in [0.25, 0.3) is 11.1 Å². The second-order valence-electron chi connectivity index (χ2n) is 5.37. The molecule has 3 rings (SSSR count). The predicted octanol–water partition coefficient (Wildman–Crippen LogP) is 3.32. The van der Waals surface area contributed by atoms with E-state index in [-0.39, 0.29) is 0 Å². The Balaban J connectivity index is 1.91. The number of nitrogens with zero attached hydrogens (tertiary/aromatic N) is 1. The third kappa shape index (κ3) is 2.83. The number of rotatable bonds is 5. The number of pyridine rings is 1. The third-order valence-corrected chi connectivity index (χ3v) is 3.77. The van der Waals surface area contributed by atoms with E-state index in [9.17, 15) is 0 Å². The Hall–Kier alpha value is -1.87. The van der Waals surface area contributed by atoms with Gasteiger partial charge in [-0.15, -0.1) is 0 Å². The number of benzene rings is 1. The molecule has 104 valence electrons. The van der Waals surface area contributed by atoms with Crippen molar-refractivity contribution in [3.63, 3.8) is 0 Å². The van der Waals surface area contributed by atoms with Crippen molar-refractivity contribution < 1.29 is 4.74 Å². The first-order chi connectivity index (χ1) is 9.78. The number of hydrogen-bond donors (Lipinski definition) is 1. The predicted molar refractivity (Wildman–Crippen MR) is 80.8 cm³/mol. The molecule has 1 aromatic heterocycles. The van der Waals surface area contributed by atoms with Crippen molar-refractivity contribution in [2.75, 3.05) is 7.11 Å². The highest BCUT2D eigenvalue weighted by Gasteiger charge is 2.20. The van der Waals surface area contributed by atoms with E-state index in [1.165, 1.54) is 35.1 Å². The Morgan fingerprint density at radius 2 is 2.15 bits per heavy atom. The van der Waals surface area contributed by atoms with Gasteiger partial charge >= 0.3 is 0 Å². The molecule has 0 amide bonds. The van der Waals surface area contributed by atoms with E-state index < -0.39 is 0 Å². The van der Waals surface area contributed by atoms with Crippen molar-refractivity contribution in [3.05, 3.63) is 47.8 Å². The molecule has 1 aliphatic rings. The smallest absolute Gasteiger partial charge is 0.123 e. The molecule has 3 heteroatoms.